The van der Waals surface area contributed by atoms with Crippen molar-refractivity contribution in [1.29, 1.82) is 0 Å². The third-order valence-corrected chi connectivity index (χ3v) is 6.61. The van der Waals surface area contributed by atoms with Gasteiger partial charge in [0.15, 0.2) is 20.5 Å². The molecule has 0 unspecified atom stereocenters. The molecule has 138 valence electrons. The number of hydrogen-bond donors (Lipinski definition) is 0. The summed E-state index contributed by atoms with van der Waals surface area (Å²) in [7, 11) is 3.90. The molecule has 0 amide bonds. The average Bonchev–Trinajstić information content (AvgIpc) is 2.70. The van der Waals surface area contributed by atoms with Crippen molar-refractivity contribution >= 4 is 16.7 Å². The van der Waals surface area contributed by atoms with Gasteiger partial charge in [-0.05, 0) is 75.6 Å². The first-order chi connectivity index (χ1) is 13.1. The van der Waals surface area contributed by atoms with Gasteiger partial charge in [0, 0.05) is 12.0 Å². The lowest BCUT2D eigenvalue weighted by atomic mass is 10.1. The molecule has 3 aromatic rings. The molecule has 0 saturated heterocycles. The van der Waals surface area contributed by atoms with E-state index in [9.17, 15) is 4.79 Å². The normalized spacial score (nSPS) is 11.1. The van der Waals surface area contributed by atoms with E-state index in [1.165, 1.54) is 14.7 Å². The Kier molecular flexibility index (Phi) is 6.86. The highest BCUT2D eigenvalue weighted by molar-refractivity contribution is 7.97. The first-order valence-electron chi connectivity index (χ1n) is 9.27. The Labute approximate surface area is 165 Å². The summed E-state index contributed by atoms with van der Waals surface area (Å²) in [5, 5.41) is 0. The van der Waals surface area contributed by atoms with Gasteiger partial charge >= 0.3 is 0 Å². The van der Waals surface area contributed by atoms with Crippen molar-refractivity contribution in [1.82, 2.24) is 4.90 Å². The number of nitrogens with zero attached hydrogens (tertiary/aromatic N) is 1. The van der Waals surface area contributed by atoms with Gasteiger partial charge in [0.05, 0.1) is 10.9 Å². The summed E-state index contributed by atoms with van der Waals surface area (Å²) in [4.78, 5) is 18.3. The van der Waals surface area contributed by atoms with Crippen LogP contribution in [0, 0.1) is 0 Å². The Bertz CT molecular complexity index is 805. The fraction of sp³-hybridized carbons (Fsp3) is 0.208. The fourth-order valence-electron chi connectivity index (χ4n) is 3.00. The van der Waals surface area contributed by atoms with Crippen LogP contribution in [0.2, 0.25) is 0 Å². The van der Waals surface area contributed by atoms with Gasteiger partial charge in [-0.1, -0.05) is 36.4 Å². The first-order valence-corrected chi connectivity index (χ1v) is 10.5. The molecule has 0 bridgehead atoms. The molecule has 3 heteroatoms. The minimum Gasteiger partial charge on any atom is -0.309 e. The molecule has 0 atom stereocenters. The van der Waals surface area contributed by atoms with Crippen molar-refractivity contribution in [2.24, 2.45) is 0 Å². The highest BCUT2D eigenvalue weighted by Crippen LogP contribution is 2.31. The minimum absolute atomic E-state index is 0.166. The summed E-state index contributed by atoms with van der Waals surface area (Å²) in [6.45, 7) is 0.940. The van der Waals surface area contributed by atoms with Gasteiger partial charge in [-0.3, -0.25) is 4.79 Å². The fourth-order valence-corrected chi connectivity index (χ4v) is 5.08. The molecular weight excluding hydrogens is 350 g/mol. The second kappa shape index (κ2) is 9.54. The molecule has 0 N–H and O–H groups in total. The molecule has 2 nitrogen and oxygen atoms in total. The lowest BCUT2D eigenvalue weighted by Crippen LogP contribution is -2.14. The van der Waals surface area contributed by atoms with Crippen LogP contribution in [-0.2, 0) is 10.9 Å². The number of carbonyl (C=O) groups excluding carboxylic acids is 1. The molecule has 0 aromatic heterocycles. The zero-order valence-electron chi connectivity index (χ0n) is 16.0. The molecule has 0 spiro atoms. The van der Waals surface area contributed by atoms with Crippen LogP contribution in [0.1, 0.15) is 23.2 Å². The van der Waals surface area contributed by atoms with Gasteiger partial charge in [-0.25, -0.2) is 0 Å². The van der Waals surface area contributed by atoms with Crippen LogP contribution >= 0.6 is 0 Å². The molecule has 0 heterocycles. The van der Waals surface area contributed by atoms with Crippen molar-refractivity contribution in [3.05, 3.63) is 90.5 Å². The Morgan fingerprint density at radius 3 is 1.70 bits per heavy atom. The van der Waals surface area contributed by atoms with Crippen LogP contribution < -0.4 is 0 Å². The highest BCUT2D eigenvalue weighted by atomic mass is 32.2. The Hall–Kier alpha value is -2.36. The second-order valence-electron chi connectivity index (χ2n) is 6.79. The second-order valence-corrected chi connectivity index (χ2v) is 8.81. The van der Waals surface area contributed by atoms with Gasteiger partial charge in [0.1, 0.15) is 0 Å². The van der Waals surface area contributed by atoms with Crippen LogP contribution in [0.15, 0.2) is 99.6 Å². The molecule has 0 fully saturated rings. The summed E-state index contributed by atoms with van der Waals surface area (Å²) < 4.78 is 0. The topological polar surface area (TPSA) is 20.3 Å². The van der Waals surface area contributed by atoms with Crippen LogP contribution in [0.25, 0.3) is 0 Å². The molecule has 3 rings (SSSR count). The zero-order valence-corrected chi connectivity index (χ0v) is 16.8. The van der Waals surface area contributed by atoms with Gasteiger partial charge in [-0.15, -0.1) is 0 Å². The van der Waals surface area contributed by atoms with Crippen molar-refractivity contribution in [2.75, 3.05) is 20.6 Å². The maximum atomic E-state index is 12.4. The molecule has 27 heavy (non-hydrogen) atoms. The smallest absolute Gasteiger partial charge is 0.166 e. The third-order valence-electron chi connectivity index (χ3n) is 4.38. The molecule has 0 saturated carbocycles. The van der Waals surface area contributed by atoms with E-state index in [1.807, 2.05) is 38.4 Å². The Morgan fingerprint density at radius 2 is 1.22 bits per heavy atom. The maximum Gasteiger partial charge on any atom is 0.166 e. The van der Waals surface area contributed by atoms with E-state index >= 15 is 0 Å². The molecule has 0 radical (unpaired) electrons. The van der Waals surface area contributed by atoms with E-state index in [2.05, 4.69) is 65.6 Å². The minimum atomic E-state index is -0.166. The van der Waals surface area contributed by atoms with E-state index in [4.69, 9.17) is 0 Å². The standard InChI is InChI=1S/C24H26NOS/c1-25(2)19-9-14-24(26)20-15-17-23(18-16-20)27(21-10-5-3-6-11-21)22-12-7-4-8-13-22/h3-8,10-13,15-18H,9,14,19H2,1-2H3/q+1. The Morgan fingerprint density at radius 1 is 0.741 bits per heavy atom. The maximum absolute atomic E-state index is 12.4. The molecule has 0 aliphatic carbocycles. The van der Waals surface area contributed by atoms with Crippen LogP contribution in [0.3, 0.4) is 0 Å². The lowest BCUT2D eigenvalue weighted by Gasteiger charge is -2.09. The summed E-state index contributed by atoms with van der Waals surface area (Å²) in [6.07, 6.45) is 1.49. The number of Topliss-reactive ketones (excluding diaryl/α,β-unsaturated/α-hetero) is 1. The summed E-state index contributed by atoms with van der Waals surface area (Å²) in [6, 6.07) is 29.3. The number of benzene rings is 3. The SMILES string of the molecule is CN(C)CCCC(=O)c1ccc([S+](c2ccccc2)c2ccccc2)cc1. The van der Waals surface area contributed by atoms with E-state index in [0.717, 1.165) is 18.5 Å². The predicted octanol–water partition coefficient (Wildman–Crippen LogP) is 5.31. The summed E-state index contributed by atoms with van der Waals surface area (Å²) in [5.74, 6) is 0.225. The summed E-state index contributed by atoms with van der Waals surface area (Å²) in [5.41, 5.74) is 0.808. The number of hydrogen-bond acceptors (Lipinski definition) is 2. The number of ketones is 1. The van der Waals surface area contributed by atoms with Crippen molar-refractivity contribution < 1.29 is 4.79 Å². The van der Waals surface area contributed by atoms with Gasteiger partial charge in [0.25, 0.3) is 0 Å². The van der Waals surface area contributed by atoms with Gasteiger partial charge in [0.2, 0.25) is 0 Å². The van der Waals surface area contributed by atoms with Gasteiger partial charge < -0.3 is 4.90 Å². The molecule has 0 aliphatic rings. The van der Waals surface area contributed by atoms with E-state index in [-0.39, 0.29) is 16.7 Å². The third kappa shape index (κ3) is 5.31. The van der Waals surface area contributed by atoms with Crippen molar-refractivity contribution in [2.45, 2.75) is 27.5 Å². The van der Waals surface area contributed by atoms with Crippen LogP contribution in [-0.4, -0.2) is 31.3 Å². The monoisotopic (exact) mass is 376 g/mol. The van der Waals surface area contributed by atoms with E-state index < -0.39 is 0 Å². The Balaban J connectivity index is 1.83. The molecule has 3 aromatic carbocycles. The summed E-state index contributed by atoms with van der Waals surface area (Å²) >= 11 is 0. The lowest BCUT2D eigenvalue weighted by molar-refractivity contribution is 0.0977. The van der Waals surface area contributed by atoms with E-state index in [0.29, 0.717) is 6.42 Å². The van der Waals surface area contributed by atoms with Gasteiger partial charge in [-0.2, -0.15) is 0 Å². The van der Waals surface area contributed by atoms with E-state index in [1.54, 1.807) is 0 Å². The molecule has 0 aliphatic heterocycles. The highest BCUT2D eigenvalue weighted by Gasteiger charge is 2.28. The first kappa shape index (κ1) is 19.4. The van der Waals surface area contributed by atoms with Crippen LogP contribution in [0.5, 0.6) is 0 Å². The largest absolute Gasteiger partial charge is 0.309 e. The average molecular weight is 377 g/mol. The van der Waals surface area contributed by atoms with Crippen LogP contribution in [0.4, 0.5) is 0 Å². The van der Waals surface area contributed by atoms with Crippen molar-refractivity contribution in [3.8, 4) is 0 Å². The quantitative estimate of drug-likeness (QED) is 0.392. The zero-order chi connectivity index (χ0) is 19.1. The number of rotatable bonds is 8. The predicted molar refractivity (Wildman–Crippen MR) is 114 cm³/mol. The number of carbonyl (C=O) groups is 1. The molecular formula is C24H26NOS+. The van der Waals surface area contributed by atoms with Crippen molar-refractivity contribution in [3.63, 3.8) is 0 Å².